The highest BCUT2D eigenvalue weighted by atomic mass is 79.9. The van der Waals surface area contributed by atoms with Gasteiger partial charge in [0.15, 0.2) is 0 Å². The Morgan fingerprint density at radius 3 is 2.59 bits per heavy atom. The number of hydrogen-bond donors (Lipinski definition) is 1. The molecule has 4 nitrogen and oxygen atoms in total. The van der Waals surface area contributed by atoms with Crippen LogP contribution in [0, 0.1) is 0 Å². The summed E-state index contributed by atoms with van der Waals surface area (Å²) in [6, 6.07) is 1.65. The molecule has 0 aliphatic carbocycles. The van der Waals surface area contributed by atoms with E-state index < -0.39 is 5.97 Å². The highest BCUT2D eigenvalue weighted by molar-refractivity contribution is 9.10. The molecule has 5 heteroatoms. The van der Waals surface area contributed by atoms with Crippen molar-refractivity contribution in [2.75, 3.05) is 19.6 Å². The second-order valence-electron chi connectivity index (χ2n) is 4.45. The zero-order valence-corrected chi connectivity index (χ0v) is 11.3. The average molecular weight is 301 g/mol. The Kier molecular flexibility index (Phi) is 4.23. The molecule has 0 aromatic carbocycles. The minimum Gasteiger partial charge on any atom is -0.478 e. The maximum atomic E-state index is 10.8. The molecule has 2 rings (SSSR count). The number of aromatic nitrogens is 1. The lowest BCUT2D eigenvalue weighted by Gasteiger charge is -2.26. The molecule has 0 spiro atoms. The minimum atomic E-state index is -0.873. The van der Waals surface area contributed by atoms with Gasteiger partial charge in [-0.3, -0.25) is 0 Å². The molecule has 1 aliphatic heterocycles. The molecular formula is C12H17BrN2O2. The van der Waals surface area contributed by atoms with Crippen molar-refractivity contribution in [2.45, 2.75) is 25.8 Å². The SMILES string of the molecule is O=C(O)c1cc(Br)n(CCN2CCCCC2)c1. The Balaban J connectivity index is 1.91. The summed E-state index contributed by atoms with van der Waals surface area (Å²) >= 11 is 3.39. The van der Waals surface area contributed by atoms with Crippen LogP contribution in [-0.4, -0.2) is 40.2 Å². The van der Waals surface area contributed by atoms with Crippen molar-refractivity contribution >= 4 is 21.9 Å². The van der Waals surface area contributed by atoms with E-state index in [-0.39, 0.29) is 0 Å². The molecule has 1 aromatic rings. The summed E-state index contributed by atoms with van der Waals surface area (Å²) in [5.41, 5.74) is 0.343. The third-order valence-electron chi connectivity index (χ3n) is 3.20. The van der Waals surface area contributed by atoms with Gasteiger partial charge < -0.3 is 14.6 Å². The second-order valence-corrected chi connectivity index (χ2v) is 5.26. The fraction of sp³-hybridized carbons (Fsp3) is 0.583. The Morgan fingerprint density at radius 1 is 1.29 bits per heavy atom. The van der Waals surface area contributed by atoms with E-state index in [0.29, 0.717) is 5.56 Å². The van der Waals surface area contributed by atoms with Crippen LogP contribution < -0.4 is 0 Å². The standard InChI is InChI=1S/C12H17BrN2O2/c13-11-8-10(12(16)17)9-15(11)7-6-14-4-2-1-3-5-14/h8-9H,1-7H2,(H,16,17). The van der Waals surface area contributed by atoms with Crippen molar-refractivity contribution in [1.29, 1.82) is 0 Å². The molecule has 1 fully saturated rings. The van der Waals surface area contributed by atoms with E-state index in [1.165, 1.54) is 32.4 Å². The molecule has 0 radical (unpaired) electrons. The number of rotatable bonds is 4. The molecule has 0 unspecified atom stereocenters. The lowest BCUT2D eigenvalue weighted by molar-refractivity contribution is 0.0697. The fourth-order valence-electron chi connectivity index (χ4n) is 2.20. The van der Waals surface area contributed by atoms with Crippen molar-refractivity contribution < 1.29 is 9.90 Å². The zero-order valence-electron chi connectivity index (χ0n) is 9.73. The van der Waals surface area contributed by atoms with Crippen LogP contribution in [0.2, 0.25) is 0 Å². The smallest absolute Gasteiger partial charge is 0.337 e. The quantitative estimate of drug-likeness (QED) is 0.929. The van der Waals surface area contributed by atoms with Gasteiger partial charge in [-0.25, -0.2) is 4.79 Å². The maximum Gasteiger partial charge on any atom is 0.337 e. The predicted molar refractivity (Wildman–Crippen MR) is 69.4 cm³/mol. The average Bonchev–Trinajstić information content (AvgIpc) is 2.70. The molecule has 0 atom stereocenters. The Morgan fingerprint density at radius 2 is 2.00 bits per heavy atom. The first-order valence-electron chi connectivity index (χ1n) is 5.98. The van der Waals surface area contributed by atoms with Crippen molar-refractivity contribution in [1.82, 2.24) is 9.47 Å². The van der Waals surface area contributed by atoms with E-state index >= 15 is 0 Å². The summed E-state index contributed by atoms with van der Waals surface area (Å²) in [6.07, 6.45) is 5.60. The molecule has 0 amide bonds. The van der Waals surface area contributed by atoms with Gasteiger partial charge in [0.25, 0.3) is 0 Å². The lowest BCUT2D eigenvalue weighted by Crippen LogP contribution is -2.32. The van der Waals surface area contributed by atoms with E-state index in [9.17, 15) is 4.79 Å². The summed E-state index contributed by atoms with van der Waals surface area (Å²) in [5, 5.41) is 8.89. The van der Waals surface area contributed by atoms with Crippen molar-refractivity contribution in [3.05, 3.63) is 22.4 Å². The zero-order chi connectivity index (χ0) is 12.3. The van der Waals surface area contributed by atoms with Crippen LogP contribution in [0.1, 0.15) is 29.6 Å². The monoisotopic (exact) mass is 300 g/mol. The molecule has 2 heterocycles. The lowest BCUT2D eigenvalue weighted by atomic mass is 10.1. The van der Waals surface area contributed by atoms with Gasteiger partial charge in [0.05, 0.1) is 10.2 Å². The van der Waals surface area contributed by atoms with E-state index in [4.69, 9.17) is 5.11 Å². The van der Waals surface area contributed by atoms with Crippen molar-refractivity contribution in [3.8, 4) is 0 Å². The molecule has 1 aliphatic rings. The summed E-state index contributed by atoms with van der Waals surface area (Å²) in [5.74, 6) is -0.873. The molecule has 1 N–H and O–H groups in total. The summed E-state index contributed by atoms with van der Waals surface area (Å²) in [4.78, 5) is 13.3. The molecule has 0 saturated carbocycles. The number of hydrogen-bond acceptors (Lipinski definition) is 2. The van der Waals surface area contributed by atoms with Crippen LogP contribution in [0.25, 0.3) is 0 Å². The number of halogens is 1. The van der Waals surface area contributed by atoms with Gasteiger partial charge in [-0.05, 0) is 47.9 Å². The molecule has 94 valence electrons. The molecule has 1 aromatic heterocycles. The number of carbonyl (C=O) groups is 1. The topological polar surface area (TPSA) is 45.5 Å². The summed E-state index contributed by atoms with van der Waals surface area (Å²) in [7, 11) is 0. The maximum absolute atomic E-state index is 10.8. The van der Waals surface area contributed by atoms with E-state index in [1.807, 2.05) is 4.57 Å². The van der Waals surface area contributed by atoms with E-state index in [2.05, 4.69) is 20.8 Å². The van der Waals surface area contributed by atoms with Crippen molar-refractivity contribution in [2.24, 2.45) is 0 Å². The number of likely N-dealkylation sites (tertiary alicyclic amines) is 1. The van der Waals surface area contributed by atoms with E-state index in [1.54, 1.807) is 12.3 Å². The van der Waals surface area contributed by atoms with E-state index in [0.717, 1.165) is 17.7 Å². The molecule has 17 heavy (non-hydrogen) atoms. The number of carboxylic acid groups (broad SMARTS) is 1. The Bertz CT molecular complexity index is 397. The fourth-order valence-corrected chi connectivity index (χ4v) is 2.72. The molecular weight excluding hydrogens is 284 g/mol. The predicted octanol–water partition coefficient (Wildman–Crippen LogP) is 2.43. The Hall–Kier alpha value is -0.810. The number of aromatic carboxylic acids is 1. The number of carboxylic acids is 1. The normalized spacial score (nSPS) is 17.2. The first-order valence-corrected chi connectivity index (χ1v) is 6.77. The molecule has 1 saturated heterocycles. The first kappa shape index (κ1) is 12.6. The second kappa shape index (κ2) is 5.69. The number of nitrogens with zero attached hydrogens (tertiary/aromatic N) is 2. The van der Waals surface area contributed by atoms with Gasteiger partial charge in [0, 0.05) is 19.3 Å². The van der Waals surface area contributed by atoms with Gasteiger partial charge >= 0.3 is 5.97 Å². The number of piperidine rings is 1. The van der Waals surface area contributed by atoms with Crippen LogP contribution in [-0.2, 0) is 6.54 Å². The molecule has 0 bridgehead atoms. The van der Waals surface area contributed by atoms with Crippen LogP contribution >= 0.6 is 15.9 Å². The van der Waals surface area contributed by atoms with Crippen LogP contribution in [0.15, 0.2) is 16.9 Å². The van der Waals surface area contributed by atoms with Gasteiger partial charge in [0.2, 0.25) is 0 Å². The van der Waals surface area contributed by atoms with Gasteiger partial charge in [-0.2, -0.15) is 0 Å². The van der Waals surface area contributed by atoms with Crippen molar-refractivity contribution in [3.63, 3.8) is 0 Å². The first-order chi connectivity index (χ1) is 8.16. The summed E-state index contributed by atoms with van der Waals surface area (Å²) in [6.45, 7) is 4.18. The third-order valence-corrected chi connectivity index (χ3v) is 3.88. The largest absolute Gasteiger partial charge is 0.478 e. The third kappa shape index (κ3) is 3.33. The van der Waals surface area contributed by atoms with Gasteiger partial charge in [-0.1, -0.05) is 6.42 Å². The highest BCUT2D eigenvalue weighted by Gasteiger charge is 2.12. The van der Waals surface area contributed by atoms with Crippen LogP contribution in [0.5, 0.6) is 0 Å². The minimum absolute atomic E-state index is 0.343. The highest BCUT2D eigenvalue weighted by Crippen LogP contribution is 2.16. The summed E-state index contributed by atoms with van der Waals surface area (Å²) < 4.78 is 2.80. The van der Waals surface area contributed by atoms with Crippen LogP contribution in [0.3, 0.4) is 0 Å². The Labute approximate surface area is 109 Å². The van der Waals surface area contributed by atoms with Gasteiger partial charge in [0.1, 0.15) is 0 Å². The van der Waals surface area contributed by atoms with Crippen LogP contribution in [0.4, 0.5) is 0 Å². The van der Waals surface area contributed by atoms with Gasteiger partial charge in [-0.15, -0.1) is 0 Å².